The molecular weight excluding hydrogens is 298 g/mol. The molecule has 3 heterocycles. The second-order valence-corrected chi connectivity index (χ2v) is 7.08. The summed E-state index contributed by atoms with van der Waals surface area (Å²) in [5.74, 6) is 1.57. The molecule has 2 amide bonds. The van der Waals surface area contributed by atoms with Gasteiger partial charge in [0.2, 0.25) is 0 Å². The zero-order valence-corrected chi connectivity index (χ0v) is 14.0. The molecule has 2 aliphatic rings. The van der Waals surface area contributed by atoms with Crippen LogP contribution in [0.15, 0.2) is 10.9 Å². The van der Waals surface area contributed by atoms with Crippen LogP contribution in [0.5, 0.6) is 0 Å². The van der Waals surface area contributed by atoms with Gasteiger partial charge in [0.1, 0.15) is 0 Å². The summed E-state index contributed by atoms with van der Waals surface area (Å²) in [7, 11) is 0. The SMILES string of the molecule is CC(NC(=O)N1CCC(C2CCOCC2)CC1)c1cscn1. The molecule has 0 spiro atoms. The van der Waals surface area contributed by atoms with Crippen molar-refractivity contribution in [2.75, 3.05) is 26.3 Å². The predicted molar refractivity (Wildman–Crippen MR) is 86.9 cm³/mol. The fourth-order valence-electron chi connectivity index (χ4n) is 3.55. The highest BCUT2D eigenvalue weighted by Gasteiger charge is 2.29. The Bertz CT molecular complexity index is 466. The van der Waals surface area contributed by atoms with E-state index in [1.165, 1.54) is 12.8 Å². The van der Waals surface area contributed by atoms with E-state index in [1.54, 1.807) is 16.8 Å². The Balaban J connectivity index is 1.45. The van der Waals surface area contributed by atoms with Crippen LogP contribution in [-0.4, -0.2) is 42.2 Å². The van der Waals surface area contributed by atoms with Crippen LogP contribution in [0, 0.1) is 11.8 Å². The monoisotopic (exact) mass is 323 g/mol. The van der Waals surface area contributed by atoms with Crippen molar-refractivity contribution in [1.29, 1.82) is 0 Å². The normalized spacial score (nSPS) is 22.5. The van der Waals surface area contributed by atoms with Gasteiger partial charge in [-0.1, -0.05) is 0 Å². The number of thiazole rings is 1. The van der Waals surface area contributed by atoms with Crippen LogP contribution in [0.25, 0.3) is 0 Å². The number of likely N-dealkylation sites (tertiary alicyclic amines) is 1. The minimum Gasteiger partial charge on any atom is -0.381 e. The number of carbonyl (C=O) groups excluding carboxylic acids is 1. The zero-order chi connectivity index (χ0) is 15.4. The number of aromatic nitrogens is 1. The van der Waals surface area contributed by atoms with Crippen LogP contribution >= 0.6 is 11.3 Å². The van der Waals surface area contributed by atoms with Crippen LogP contribution < -0.4 is 5.32 Å². The Morgan fingerprint density at radius 1 is 1.32 bits per heavy atom. The summed E-state index contributed by atoms with van der Waals surface area (Å²) in [6.07, 6.45) is 4.64. The maximum atomic E-state index is 12.4. The van der Waals surface area contributed by atoms with Gasteiger partial charge in [-0.05, 0) is 44.4 Å². The molecular formula is C16H25N3O2S. The van der Waals surface area contributed by atoms with E-state index in [2.05, 4.69) is 10.3 Å². The molecule has 2 fully saturated rings. The number of nitrogens with zero attached hydrogens (tertiary/aromatic N) is 2. The summed E-state index contributed by atoms with van der Waals surface area (Å²) in [4.78, 5) is 18.6. The molecule has 122 valence electrons. The average Bonchev–Trinajstić information content (AvgIpc) is 3.10. The second-order valence-electron chi connectivity index (χ2n) is 6.36. The number of carbonyl (C=O) groups is 1. The summed E-state index contributed by atoms with van der Waals surface area (Å²) in [5, 5.41) is 5.05. The summed E-state index contributed by atoms with van der Waals surface area (Å²) in [6.45, 7) is 5.56. The number of ether oxygens (including phenoxy) is 1. The Morgan fingerprint density at radius 2 is 2.00 bits per heavy atom. The third-order valence-electron chi connectivity index (χ3n) is 4.99. The van der Waals surface area contributed by atoms with E-state index in [0.717, 1.165) is 56.7 Å². The molecule has 0 bridgehead atoms. The summed E-state index contributed by atoms with van der Waals surface area (Å²) >= 11 is 1.56. The topological polar surface area (TPSA) is 54.5 Å². The third kappa shape index (κ3) is 3.79. The van der Waals surface area contributed by atoms with Crippen molar-refractivity contribution in [3.63, 3.8) is 0 Å². The predicted octanol–water partition coefficient (Wildman–Crippen LogP) is 3.05. The van der Waals surface area contributed by atoms with Gasteiger partial charge in [0.15, 0.2) is 0 Å². The van der Waals surface area contributed by atoms with Crippen LogP contribution in [0.1, 0.15) is 44.3 Å². The summed E-state index contributed by atoms with van der Waals surface area (Å²) < 4.78 is 5.45. The van der Waals surface area contributed by atoms with Crippen LogP contribution in [0.2, 0.25) is 0 Å². The second kappa shape index (κ2) is 7.42. The number of nitrogens with one attached hydrogen (secondary N) is 1. The number of amides is 2. The molecule has 0 saturated carbocycles. The summed E-state index contributed by atoms with van der Waals surface area (Å²) in [6, 6.07) is 0.0258. The first-order valence-corrected chi connectivity index (χ1v) is 9.19. The fraction of sp³-hybridized carbons (Fsp3) is 0.750. The van der Waals surface area contributed by atoms with Gasteiger partial charge in [0.25, 0.3) is 0 Å². The first kappa shape index (κ1) is 15.7. The van der Waals surface area contributed by atoms with Crippen molar-refractivity contribution in [3.05, 3.63) is 16.6 Å². The smallest absolute Gasteiger partial charge is 0.317 e. The van der Waals surface area contributed by atoms with E-state index >= 15 is 0 Å². The largest absolute Gasteiger partial charge is 0.381 e. The number of rotatable bonds is 3. The quantitative estimate of drug-likeness (QED) is 0.930. The lowest BCUT2D eigenvalue weighted by molar-refractivity contribution is 0.0335. The van der Waals surface area contributed by atoms with Crippen molar-refractivity contribution in [2.24, 2.45) is 11.8 Å². The highest BCUT2D eigenvalue weighted by Crippen LogP contribution is 2.31. The molecule has 3 rings (SSSR count). The van der Waals surface area contributed by atoms with Crippen molar-refractivity contribution >= 4 is 17.4 Å². The number of urea groups is 1. The van der Waals surface area contributed by atoms with Gasteiger partial charge in [0, 0.05) is 31.7 Å². The molecule has 1 aromatic heterocycles. The van der Waals surface area contributed by atoms with Gasteiger partial charge < -0.3 is 15.0 Å². The van der Waals surface area contributed by atoms with Gasteiger partial charge >= 0.3 is 6.03 Å². The molecule has 0 radical (unpaired) electrons. The minimum atomic E-state index is -0.0213. The van der Waals surface area contributed by atoms with Crippen molar-refractivity contribution in [1.82, 2.24) is 15.2 Å². The van der Waals surface area contributed by atoms with Gasteiger partial charge in [0.05, 0.1) is 17.2 Å². The first-order chi connectivity index (χ1) is 10.7. The van der Waals surface area contributed by atoms with E-state index in [4.69, 9.17) is 4.74 Å². The molecule has 1 unspecified atom stereocenters. The molecule has 22 heavy (non-hydrogen) atoms. The third-order valence-corrected chi connectivity index (χ3v) is 5.60. The average molecular weight is 323 g/mol. The maximum absolute atomic E-state index is 12.4. The molecule has 5 nitrogen and oxygen atoms in total. The molecule has 2 saturated heterocycles. The lowest BCUT2D eigenvalue weighted by Gasteiger charge is -2.37. The van der Waals surface area contributed by atoms with Gasteiger partial charge in [-0.15, -0.1) is 11.3 Å². The molecule has 1 N–H and O–H groups in total. The van der Waals surface area contributed by atoms with E-state index in [9.17, 15) is 4.79 Å². The van der Waals surface area contributed by atoms with Crippen LogP contribution in [0.3, 0.4) is 0 Å². The maximum Gasteiger partial charge on any atom is 0.317 e. The Kier molecular flexibility index (Phi) is 5.31. The standard InChI is InChI=1S/C16H25N3O2S/c1-12(15-10-22-11-17-15)18-16(20)19-6-2-13(3-7-19)14-4-8-21-9-5-14/h10-14H,2-9H2,1H3,(H,18,20). The van der Waals surface area contributed by atoms with Crippen molar-refractivity contribution in [2.45, 2.75) is 38.6 Å². The van der Waals surface area contributed by atoms with E-state index < -0.39 is 0 Å². The number of piperidine rings is 1. The van der Waals surface area contributed by atoms with Crippen LogP contribution in [0.4, 0.5) is 4.79 Å². The van der Waals surface area contributed by atoms with Gasteiger partial charge in [-0.2, -0.15) is 0 Å². The molecule has 0 aromatic carbocycles. The zero-order valence-electron chi connectivity index (χ0n) is 13.2. The molecule has 2 aliphatic heterocycles. The lowest BCUT2D eigenvalue weighted by atomic mass is 9.80. The molecule has 1 aromatic rings. The highest BCUT2D eigenvalue weighted by atomic mass is 32.1. The first-order valence-electron chi connectivity index (χ1n) is 8.25. The fourth-order valence-corrected chi connectivity index (χ4v) is 4.20. The van der Waals surface area contributed by atoms with Crippen molar-refractivity contribution in [3.8, 4) is 0 Å². The Hall–Kier alpha value is -1.14. The summed E-state index contributed by atoms with van der Waals surface area (Å²) in [5.41, 5.74) is 2.74. The molecule has 1 atom stereocenters. The minimum absolute atomic E-state index is 0.0213. The number of hydrogen-bond acceptors (Lipinski definition) is 4. The van der Waals surface area contributed by atoms with Gasteiger partial charge in [-0.25, -0.2) is 9.78 Å². The number of hydrogen-bond donors (Lipinski definition) is 1. The van der Waals surface area contributed by atoms with Gasteiger partial charge in [-0.3, -0.25) is 0 Å². The van der Waals surface area contributed by atoms with E-state index in [1.807, 2.05) is 17.2 Å². The lowest BCUT2D eigenvalue weighted by Crippen LogP contribution is -2.46. The Morgan fingerprint density at radius 3 is 2.64 bits per heavy atom. The van der Waals surface area contributed by atoms with Crippen molar-refractivity contribution < 1.29 is 9.53 Å². The Labute approximate surface area is 136 Å². The van der Waals surface area contributed by atoms with Crippen LogP contribution in [-0.2, 0) is 4.74 Å². The molecule has 0 aliphatic carbocycles. The highest BCUT2D eigenvalue weighted by molar-refractivity contribution is 7.07. The molecule has 6 heteroatoms. The van der Waals surface area contributed by atoms with E-state index in [-0.39, 0.29) is 12.1 Å². The van der Waals surface area contributed by atoms with E-state index in [0.29, 0.717) is 0 Å².